The zero-order chi connectivity index (χ0) is 11.5. The Morgan fingerprint density at radius 1 is 1.44 bits per heavy atom. The summed E-state index contributed by atoms with van der Waals surface area (Å²) in [5.74, 6) is 2.69. The summed E-state index contributed by atoms with van der Waals surface area (Å²) in [6.45, 7) is 0. The quantitative estimate of drug-likeness (QED) is 0.489. The van der Waals surface area contributed by atoms with E-state index >= 15 is 0 Å². The Kier molecular flexibility index (Phi) is 3.86. The van der Waals surface area contributed by atoms with Gasteiger partial charge in [-0.1, -0.05) is 34.1 Å². The molecule has 0 N–H and O–H groups in total. The Balaban J connectivity index is 2.17. The Morgan fingerprint density at radius 3 is 2.81 bits per heavy atom. The van der Waals surface area contributed by atoms with E-state index < -0.39 is 0 Å². The van der Waals surface area contributed by atoms with Crippen molar-refractivity contribution in [1.29, 1.82) is 0 Å². The van der Waals surface area contributed by atoms with Gasteiger partial charge in [0.1, 0.15) is 0 Å². The number of thioether (sulfide) groups is 1. The van der Waals surface area contributed by atoms with E-state index in [-0.39, 0.29) is 10.6 Å². The third kappa shape index (κ3) is 2.58. The molecule has 1 aromatic carbocycles. The second-order valence-electron chi connectivity index (χ2n) is 3.90. The normalized spacial score (nSPS) is 24.6. The third-order valence-electron chi connectivity index (χ3n) is 2.79. The number of alkyl halides is 1. The van der Waals surface area contributed by atoms with Gasteiger partial charge >= 0.3 is 0 Å². The van der Waals surface area contributed by atoms with E-state index in [9.17, 15) is 10.1 Å². The number of nitro benzene ring substituents is 1. The van der Waals surface area contributed by atoms with E-state index in [4.69, 9.17) is 0 Å². The summed E-state index contributed by atoms with van der Waals surface area (Å²) in [4.78, 5) is 11.1. The van der Waals surface area contributed by atoms with Crippen molar-refractivity contribution in [3.63, 3.8) is 0 Å². The molecule has 1 aliphatic rings. The summed E-state index contributed by atoms with van der Waals surface area (Å²) < 4.78 is 0. The average molecular weight is 302 g/mol. The molecule has 0 spiro atoms. The first-order valence-electron chi connectivity index (χ1n) is 5.12. The van der Waals surface area contributed by atoms with Crippen LogP contribution in [0.4, 0.5) is 5.69 Å². The van der Waals surface area contributed by atoms with Crippen molar-refractivity contribution in [2.75, 3.05) is 11.5 Å². The molecular weight excluding hydrogens is 290 g/mol. The number of halogens is 1. The van der Waals surface area contributed by atoms with Crippen LogP contribution in [0.5, 0.6) is 0 Å². The van der Waals surface area contributed by atoms with Gasteiger partial charge in [0.15, 0.2) is 0 Å². The highest BCUT2D eigenvalue weighted by molar-refractivity contribution is 9.09. The van der Waals surface area contributed by atoms with Crippen LogP contribution in [0.1, 0.15) is 5.56 Å². The van der Waals surface area contributed by atoms with Crippen molar-refractivity contribution in [2.24, 2.45) is 5.92 Å². The van der Waals surface area contributed by atoms with Gasteiger partial charge in [-0.2, -0.15) is 11.8 Å². The van der Waals surface area contributed by atoms with Crippen molar-refractivity contribution < 1.29 is 4.92 Å². The van der Waals surface area contributed by atoms with Gasteiger partial charge in [-0.25, -0.2) is 0 Å². The molecule has 16 heavy (non-hydrogen) atoms. The fourth-order valence-electron chi connectivity index (χ4n) is 1.90. The maximum Gasteiger partial charge on any atom is 0.272 e. The number of nitro groups is 1. The lowest BCUT2D eigenvalue weighted by Crippen LogP contribution is -2.15. The van der Waals surface area contributed by atoms with Crippen LogP contribution in [0, 0.1) is 16.0 Å². The number of hydrogen-bond donors (Lipinski definition) is 0. The minimum absolute atomic E-state index is 0.249. The third-order valence-corrected chi connectivity index (χ3v) is 5.55. The smallest absolute Gasteiger partial charge is 0.258 e. The SMILES string of the molecule is O=[N+]([O-])c1ccccc1CC1CSCC1Br. The van der Waals surface area contributed by atoms with Crippen LogP contribution in [0.25, 0.3) is 0 Å². The standard InChI is InChI=1S/C11H12BrNO2S/c12-10-7-16-6-9(10)5-8-3-1-2-4-11(8)13(14)15/h1-4,9-10H,5-7H2. The molecule has 2 rings (SSSR count). The zero-order valence-corrected chi connectivity index (χ0v) is 11.0. The van der Waals surface area contributed by atoms with Crippen LogP contribution in [0.15, 0.2) is 24.3 Å². The lowest BCUT2D eigenvalue weighted by molar-refractivity contribution is -0.385. The van der Waals surface area contributed by atoms with Crippen molar-refractivity contribution in [1.82, 2.24) is 0 Å². The molecule has 1 heterocycles. The molecule has 5 heteroatoms. The van der Waals surface area contributed by atoms with E-state index in [1.54, 1.807) is 12.1 Å². The molecule has 1 saturated heterocycles. The monoisotopic (exact) mass is 301 g/mol. The molecule has 0 aromatic heterocycles. The zero-order valence-electron chi connectivity index (χ0n) is 8.64. The van der Waals surface area contributed by atoms with Crippen molar-refractivity contribution in [3.05, 3.63) is 39.9 Å². The second-order valence-corrected chi connectivity index (χ2v) is 6.15. The molecule has 0 bridgehead atoms. The van der Waals surface area contributed by atoms with E-state index in [0.717, 1.165) is 23.5 Å². The number of rotatable bonds is 3. The lowest BCUT2D eigenvalue weighted by atomic mass is 9.98. The Labute approximate surface area is 107 Å². The van der Waals surface area contributed by atoms with Gasteiger partial charge in [-0.05, 0) is 18.1 Å². The average Bonchev–Trinajstić information content (AvgIpc) is 2.65. The first kappa shape index (κ1) is 11.9. The highest BCUT2D eigenvalue weighted by Gasteiger charge is 2.27. The molecular formula is C11H12BrNO2S. The van der Waals surface area contributed by atoms with Gasteiger partial charge in [0.05, 0.1) is 4.92 Å². The van der Waals surface area contributed by atoms with Gasteiger partial charge in [0.2, 0.25) is 0 Å². The lowest BCUT2D eigenvalue weighted by Gasteiger charge is -2.12. The van der Waals surface area contributed by atoms with E-state index in [1.807, 2.05) is 23.9 Å². The van der Waals surface area contributed by atoms with Crippen LogP contribution in [-0.4, -0.2) is 21.3 Å². The van der Waals surface area contributed by atoms with E-state index in [1.165, 1.54) is 0 Å². The second kappa shape index (κ2) is 5.19. The highest BCUT2D eigenvalue weighted by atomic mass is 79.9. The van der Waals surface area contributed by atoms with Gasteiger partial charge in [0, 0.05) is 22.2 Å². The van der Waals surface area contributed by atoms with Gasteiger partial charge in [-0.15, -0.1) is 0 Å². The summed E-state index contributed by atoms with van der Waals surface area (Å²) in [5, 5.41) is 10.9. The molecule has 0 amide bonds. The van der Waals surface area contributed by atoms with E-state index in [2.05, 4.69) is 15.9 Å². The summed E-state index contributed by atoms with van der Waals surface area (Å²) in [6, 6.07) is 7.03. The summed E-state index contributed by atoms with van der Waals surface area (Å²) >= 11 is 5.54. The molecule has 0 radical (unpaired) electrons. The Bertz CT molecular complexity index is 399. The minimum Gasteiger partial charge on any atom is -0.258 e. The number of hydrogen-bond acceptors (Lipinski definition) is 3. The van der Waals surface area contributed by atoms with Crippen molar-refractivity contribution in [3.8, 4) is 0 Å². The van der Waals surface area contributed by atoms with Gasteiger partial charge in [0.25, 0.3) is 5.69 Å². The van der Waals surface area contributed by atoms with E-state index in [0.29, 0.717) is 10.7 Å². The largest absolute Gasteiger partial charge is 0.272 e. The number of benzene rings is 1. The molecule has 3 nitrogen and oxygen atoms in total. The fraction of sp³-hybridized carbons (Fsp3) is 0.455. The van der Waals surface area contributed by atoms with Crippen molar-refractivity contribution >= 4 is 33.4 Å². The molecule has 2 unspecified atom stereocenters. The van der Waals surface area contributed by atoms with Gasteiger partial charge < -0.3 is 0 Å². The summed E-state index contributed by atoms with van der Waals surface area (Å²) in [5.41, 5.74) is 1.10. The highest BCUT2D eigenvalue weighted by Crippen LogP contribution is 2.34. The molecule has 0 saturated carbocycles. The van der Waals surface area contributed by atoms with Crippen molar-refractivity contribution in [2.45, 2.75) is 11.2 Å². The van der Waals surface area contributed by atoms with Crippen LogP contribution < -0.4 is 0 Å². The molecule has 1 aliphatic heterocycles. The Morgan fingerprint density at radius 2 is 2.19 bits per heavy atom. The number of nitrogens with zero attached hydrogens (tertiary/aromatic N) is 1. The van der Waals surface area contributed by atoms with Gasteiger partial charge in [-0.3, -0.25) is 10.1 Å². The number of para-hydroxylation sites is 1. The molecule has 1 fully saturated rings. The van der Waals surface area contributed by atoms with Crippen LogP contribution in [0.3, 0.4) is 0 Å². The van der Waals surface area contributed by atoms with Crippen LogP contribution in [-0.2, 0) is 6.42 Å². The summed E-state index contributed by atoms with van der Waals surface area (Å²) in [7, 11) is 0. The Hall–Kier alpha value is -0.550. The maximum atomic E-state index is 10.9. The molecule has 0 aliphatic carbocycles. The van der Waals surface area contributed by atoms with Crippen LogP contribution in [0.2, 0.25) is 0 Å². The molecule has 1 aromatic rings. The molecule has 2 atom stereocenters. The first-order valence-corrected chi connectivity index (χ1v) is 7.19. The van der Waals surface area contributed by atoms with Crippen LogP contribution >= 0.6 is 27.7 Å². The minimum atomic E-state index is -0.291. The predicted molar refractivity (Wildman–Crippen MR) is 70.3 cm³/mol. The fourth-order valence-corrected chi connectivity index (χ4v) is 4.37. The summed E-state index contributed by atoms with van der Waals surface area (Å²) in [6.07, 6.45) is 0.792. The maximum absolute atomic E-state index is 10.9. The predicted octanol–water partition coefficient (Wildman–Crippen LogP) is 3.26. The first-order chi connectivity index (χ1) is 7.68. The molecule has 86 valence electrons. The topological polar surface area (TPSA) is 43.1 Å².